The number of hydrogen-bond donors (Lipinski definition) is 0. The van der Waals surface area contributed by atoms with E-state index in [0.29, 0.717) is 23.8 Å². The zero-order chi connectivity index (χ0) is 22.3. The number of halogens is 8. The lowest BCUT2D eigenvalue weighted by Crippen LogP contribution is -2.25. The van der Waals surface area contributed by atoms with Gasteiger partial charge in [0, 0.05) is 6.07 Å². The van der Waals surface area contributed by atoms with Crippen molar-refractivity contribution in [1.29, 1.82) is 0 Å². The van der Waals surface area contributed by atoms with Gasteiger partial charge in [-0.3, -0.25) is 0 Å². The normalized spacial score (nSPS) is 12.2. The predicted octanol–water partition coefficient (Wildman–Crippen LogP) is 7.23. The van der Waals surface area contributed by atoms with Crippen molar-refractivity contribution in [3.05, 3.63) is 88.7 Å². The molecule has 1 nitrogen and oxygen atoms in total. The van der Waals surface area contributed by atoms with Crippen LogP contribution in [-0.4, -0.2) is 0 Å². The fourth-order valence-corrected chi connectivity index (χ4v) is 2.75. The second-order valence-electron chi connectivity index (χ2n) is 6.44. The van der Waals surface area contributed by atoms with E-state index in [1.807, 2.05) is 0 Å². The van der Waals surface area contributed by atoms with Gasteiger partial charge in [0.2, 0.25) is 0 Å². The van der Waals surface area contributed by atoms with Crippen molar-refractivity contribution in [3.8, 4) is 16.9 Å². The van der Waals surface area contributed by atoms with Crippen molar-refractivity contribution in [2.24, 2.45) is 0 Å². The predicted molar refractivity (Wildman–Crippen MR) is 92.5 cm³/mol. The van der Waals surface area contributed by atoms with Crippen molar-refractivity contribution in [2.45, 2.75) is 19.2 Å². The molecule has 0 bridgehead atoms. The lowest BCUT2D eigenvalue weighted by Gasteiger charge is -2.20. The third-order valence-electron chi connectivity index (χ3n) is 4.21. The van der Waals surface area contributed by atoms with Gasteiger partial charge in [-0.05, 0) is 42.3 Å². The topological polar surface area (TPSA) is 9.23 Å². The fraction of sp³-hybridized carbons (Fsp3) is 0.143. The summed E-state index contributed by atoms with van der Waals surface area (Å²) in [6.07, 6.45) is -9.67. The van der Waals surface area contributed by atoms with E-state index in [-0.39, 0.29) is 17.7 Å². The van der Waals surface area contributed by atoms with Crippen molar-refractivity contribution >= 4 is 0 Å². The molecule has 0 aliphatic heterocycles. The van der Waals surface area contributed by atoms with Crippen LogP contribution in [0.1, 0.15) is 16.7 Å². The second kappa shape index (κ2) is 7.62. The summed E-state index contributed by atoms with van der Waals surface area (Å²) < 4.78 is 113. The van der Waals surface area contributed by atoms with E-state index in [0.717, 1.165) is 5.56 Å². The van der Waals surface area contributed by atoms with E-state index in [1.165, 1.54) is 0 Å². The molecule has 0 saturated heterocycles. The van der Waals surface area contributed by atoms with E-state index in [1.54, 1.807) is 31.2 Å². The first-order chi connectivity index (χ1) is 13.9. The Hall–Kier alpha value is -3.10. The number of aryl methyl sites for hydroxylation is 1. The van der Waals surface area contributed by atoms with Gasteiger partial charge in [0.05, 0.1) is 5.56 Å². The first-order valence-corrected chi connectivity index (χ1v) is 8.38. The van der Waals surface area contributed by atoms with Crippen LogP contribution < -0.4 is 4.74 Å². The summed E-state index contributed by atoms with van der Waals surface area (Å²) in [6, 6.07) is 8.44. The average Bonchev–Trinajstić information content (AvgIpc) is 2.59. The molecule has 3 rings (SSSR count). The number of ether oxygens (including phenoxy) is 1. The Balaban J connectivity index is 1.94. The van der Waals surface area contributed by atoms with E-state index in [2.05, 4.69) is 4.74 Å². The number of rotatable bonds is 4. The van der Waals surface area contributed by atoms with E-state index < -0.39 is 46.6 Å². The maximum absolute atomic E-state index is 14.4. The first-order valence-electron chi connectivity index (χ1n) is 8.38. The van der Waals surface area contributed by atoms with Crippen LogP contribution in [0.4, 0.5) is 35.1 Å². The smallest absolute Gasteiger partial charge is 0.429 e. The zero-order valence-corrected chi connectivity index (χ0v) is 15.1. The molecule has 0 atom stereocenters. The minimum absolute atomic E-state index is 0.00914. The molecule has 0 aromatic heterocycles. The molecule has 0 spiro atoms. The second-order valence-corrected chi connectivity index (χ2v) is 6.44. The summed E-state index contributed by atoms with van der Waals surface area (Å²) in [7, 11) is 0. The van der Waals surface area contributed by atoms with Crippen molar-refractivity contribution in [1.82, 2.24) is 0 Å². The van der Waals surface area contributed by atoms with Crippen molar-refractivity contribution < 1.29 is 39.9 Å². The number of hydrogen-bond acceptors (Lipinski definition) is 1. The average molecular weight is 432 g/mol. The highest BCUT2D eigenvalue weighted by atomic mass is 19.4. The van der Waals surface area contributed by atoms with Gasteiger partial charge in [0.1, 0.15) is 28.8 Å². The Kier molecular flexibility index (Phi) is 5.49. The molecular weight excluding hydrogens is 420 g/mol. The summed E-state index contributed by atoms with van der Waals surface area (Å²) in [4.78, 5) is 0. The Bertz CT molecular complexity index is 1050. The van der Waals surface area contributed by atoms with Gasteiger partial charge < -0.3 is 4.74 Å². The Morgan fingerprint density at radius 1 is 0.667 bits per heavy atom. The quantitative estimate of drug-likeness (QED) is 0.396. The highest BCUT2D eigenvalue weighted by Crippen LogP contribution is 2.39. The van der Waals surface area contributed by atoms with Crippen LogP contribution >= 0.6 is 0 Å². The molecule has 0 N–H and O–H groups in total. The highest BCUT2D eigenvalue weighted by molar-refractivity contribution is 5.64. The van der Waals surface area contributed by atoms with Crippen LogP contribution in [0.5, 0.6) is 5.75 Å². The van der Waals surface area contributed by atoms with Gasteiger partial charge in [-0.1, -0.05) is 29.8 Å². The summed E-state index contributed by atoms with van der Waals surface area (Å²) in [5, 5.41) is 0. The highest BCUT2D eigenvalue weighted by Gasteiger charge is 2.42. The fourth-order valence-electron chi connectivity index (χ4n) is 2.75. The molecule has 0 radical (unpaired) electrons. The van der Waals surface area contributed by atoms with Crippen LogP contribution in [0.25, 0.3) is 11.1 Å². The molecule has 30 heavy (non-hydrogen) atoms. The Morgan fingerprint density at radius 3 is 1.73 bits per heavy atom. The molecule has 0 saturated carbocycles. The molecule has 3 aromatic rings. The molecule has 0 heterocycles. The monoisotopic (exact) mass is 432 g/mol. The van der Waals surface area contributed by atoms with Gasteiger partial charge in [-0.15, -0.1) is 0 Å². The van der Waals surface area contributed by atoms with Crippen LogP contribution in [-0.2, 0) is 12.3 Å². The molecule has 0 fully saturated rings. The molecule has 0 unspecified atom stereocenters. The van der Waals surface area contributed by atoms with Gasteiger partial charge in [0.25, 0.3) is 0 Å². The van der Waals surface area contributed by atoms with Gasteiger partial charge in [-0.25, -0.2) is 13.2 Å². The standard InChI is InChI=1S/C21H12F8O/c1-11-2-4-12(5-3-11)13-8-17(23)19(18(24)9-13)21(28,29)30-14-6-7-15(16(22)10-14)20(25,26)27/h2-10H,1H3. The Labute approximate surface area is 165 Å². The summed E-state index contributed by atoms with van der Waals surface area (Å²) >= 11 is 0. The van der Waals surface area contributed by atoms with E-state index >= 15 is 0 Å². The molecule has 0 amide bonds. The minimum Gasteiger partial charge on any atom is -0.429 e. The molecule has 158 valence electrons. The third-order valence-corrected chi connectivity index (χ3v) is 4.21. The summed E-state index contributed by atoms with van der Waals surface area (Å²) in [5.74, 6) is -6.18. The maximum atomic E-state index is 14.4. The zero-order valence-electron chi connectivity index (χ0n) is 15.1. The van der Waals surface area contributed by atoms with Crippen LogP contribution in [0.15, 0.2) is 54.6 Å². The van der Waals surface area contributed by atoms with Crippen LogP contribution in [0.3, 0.4) is 0 Å². The van der Waals surface area contributed by atoms with Crippen molar-refractivity contribution in [3.63, 3.8) is 0 Å². The molecular formula is C21H12F8O. The van der Waals surface area contributed by atoms with E-state index in [9.17, 15) is 35.1 Å². The van der Waals surface area contributed by atoms with Crippen LogP contribution in [0.2, 0.25) is 0 Å². The lowest BCUT2D eigenvalue weighted by molar-refractivity contribution is -0.189. The number of benzene rings is 3. The van der Waals surface area contributed by atoms with Gasteiger partial charge in [0.15, 0.2) is 0 Å². The van der Waals surface area contributed by atoms with Gasteiger partial charge in [-0.2, -0.15) is 22.0 Å². The Morgan fingerprint density at radius 2 is 1.23 bits per heavy atom. The summed E-state index contributed by atoms with van der Waals surface area (Å²) in [6.45, 7) is 1.79. The van der Waals surface area contributed by atoms with E-state index in [4.69, 9.17) is 0 Å². The SMILES string of the molecule is Cc1ccc(-c2cc(F)c(C(F)(F)Oc3ccc(C(F)(F)F)c(F)c3)c(F)c2)cc1. The van der Waals surface area contributed by atoms with Gasteiger partial charge >= 0.3 is 12.3 Å². The van der Waals surface area contributed by atoms with Crippen LogP contribution in [0, 0.1) is 24.4 Å². The molecule has 0 aliphatic rings. The third kappa shape index (κ3) is 4.39. The summed E-state index contributed by atoms with van der Waals surface area (Å²) in [5.41, 5.74) is -2.21. The molecule has 3 aromatic carbocycles. The largest absolute Gasteiger partial charge is 0.432 e. The molecule has 0 aliphatic carbocycles. The molecule has 9 heteroatoms. The van der Waals surface area contributed by atoms with Crippen molar-refractivity contribution in [2.75, 3.05) is 0 Å². The first kappa shape index (κ1) is 21.6. The minimum atomic E-state index is -5.05. The maximum Gasteiger partial charge on any atom is 0.432 e. The lowest BCUT2D eigenvalue weighted by atomic mass is 10.0. The number of alkyl halides is 5.